The number of hydrogen-bond donors (Lipinski definition) is 2. The van der Waals surface area contributed by atoms with E-state index in [0.29, 0.717) is 54.1 Å². The molecule has 59 heavy (non-hydrogen) atoms. The number of nitrogens with one attached hydrogen (secondary N) is 2. The monoisotopic (exact) mass is 805 g/mol. The van der Waals surface area contributed by atoms with Crippen molar-refractivity contribution in [3.8, 4) is 0 Å². The van der Waals surface area contributed by atoms with Crippen LogP contribution in [0.3, 0.4) is 0 Å². The Balaban J connectivity index is 0.767. The third kappa shape index (κ3) is 7.89. The van der Waals surface area contributed by atoms with Gasteiger partial charge in [0.1, 0.15) is 6.04 Å². The lowest BCUT2D eigenvalue weighted by Crippen LogP contribution is -2.50. The number of fused-ring (bicyclic) bond motifs is 4. The van der Waals surface area contributed by atoms with Gasteiger partial charge in [0.05, 0.1) is 18.2 Å². The van der Waals surface area contributed by atoms with Crippen molar-refractivity contribution in [3.63, 3.8) is 0 Å². The number of anilines is 1. The zero-order chi connectivity index (χ0) is 40.8. The van der Waals surface area contributed by atoms with Crippen molar-refractivity contribution in [2.75, 3.05) is 57.8 Å². The van der Waals surface area contributed by atoms with Crippen molar-refractivity contribution >= 4 is 35.0 Å². The molecule has 3 fully saturated rings. The van der Waals surface area contributed by atoms with E-state index in [9.17, 15) is 23.2 Å². The van der Waals surface area contributed by atoms with Gasteiger partial charge >= 0.3 is 0 Å². The van der Waals surface area contributed by atoms with Crippen LogP contribution in [-0.4, -0.2) is 124 Å². The predicted octanol–water partition coefficient (Wildman–Crippen LogP) is 5.54. The summed E-state index contributed by atoms with van der Waals surface area (Å²) in [6.45, 7) is 10.5. The number of carbonyl (C=O) groups is 3. The molecular weight excluding hydrogens is 753 g/mol. The predicted molar refractivity (Wildman–Crippen MR) is 221 cm³/mol. The number of aromatic amines is 1. The van der Waals surface area contributed by atoms with E-state index in [1.165, 1.54) is 10.5 Å². The molecule has 2 aromatic heterocycles. The summed E-state index contributed by atoms with van der Waals surface area (Å²) in [5.41, 5.74) is 7.55. The van der Waals surface area contributed by atoms with E-state index in [1.807, 2.05) is 47.6 Å². The maximum Gasteiger partial charge on any atom is 0.255 e. The van der Waals surface area contributed by atoms with E-state index in [1.54, 1.807) is 7.05 Å². The van der Waals surface area contributed by atoms with Crippen molar-refractivity contribution in [3.05, 3.63) is 100 Å². The van der Waals surface area contributed by atoms with E-state index in [4.69, 9.17) is 9.97 Å². The second-order valence-corrected chi connectivity index (χ2v) is 17.2. The van der Waals surface area contributed by atoms with Gasteiger partial charge in [-0.2, -0.15) is 0 Å². The van der Waals surface area contributed by atoms with Gasteiger partial charge in [-0.1, -0.05) is 24.8 Å². The molecule has 0 aliphatic carbocycles. The number of aldehydes is 1. The summed E-state index contributed by atoms with van der Waals surface area (Å²) in [4.78, 5) is 62.1. The normalized spacial score (nSPS) is 22.5. The number of likely N-dealkylation sites (N-methyl/N-ethyl adjacent to an activating group) is 1. The summed E-state index contributed by atoms with van der Waals surface area (Å²) < 4.78 is 27.4. The highest BCUT2D eigenvalue weighted by molar-refractivity contribution is 6.03. The molecule has 0 radical (unpaired) electrons. The quantitative estimate of drug-likeness (QED) is 0.199. The molecule has 12 nitrogen and oxygen atoms in total. The third-order valence-corrected chi connectivity index (χ3v) is 13.6. The van der Waals surface area contributed by atoms with Crippen molar-refractivity contribution in [1.82, 2.24) is 39.9 Å². The van der Waals surface area contributed by atoms with Gasteiger partial charge in [-0.25, -0.2) is 18.7 Å². The SMILES string of the molecule is C=C1CCC(N(C)C(=O)c2cc3c(cc2C=O)CN(C2CCN(CC4CCN(c5ncc(C6c7[nH]c8ccccc8c7CCN6CC(F)F)cn5)CC4)CC2)C3)C(=O)N1. The molecular formula is C45H53F2N9O3. The first kappa shape index (κ1) is 39.4. The summed E-state index contributed by atoms with van der Waals surface area (Å²) >= 11 is 0. The zero-order valence-corrected chi connectivity index (χ0v) is 33.7. The number of benzene rings is 2. The molecule has 0 spiro atoms. The number of halogens is 2. The van der Waals surface area contributed by atoms with Crippen LogP contribution in [0.1, 0.15) is 93.2 Å². The molecule has 3 saturated heterocycles. The average Bonchev–Trinajstić information content (AvgIpc) is 3.84. The number of allylic oxidation sites excluding steroid dienone is 1. The van der Waals surface area contributed by atoms with Gasteiger partial charge in [0.25, 0.3) is 12.3 Å². The molecule has 0 saturated carbocycles. The van der Waals surface area contributed by atoms with E-state index in [-0.39, 0.29) is 24.4 Å². The molecule has 14 heteroatoms. The number of rotatable bonds is 10. The van der Waals surface area contributed by atoms with E-state index in [0.717, 1.165) is 117 Å². The molecule has 9 rings (SSSR count). The first-order valence-electron chi connectivity index (χ1n) is 21.1. The Kier molecular flexibility index (Phi) is 11.0. The fourth-order valence-corrected chi connectivity index (χ4v) is 10.3. The number of carbonyl (C=O) groups excluding carboxylic acids is 3. The molecule has 2 unspecified atom stereocenters. The van der Waals surface area contributed by atoms with Crippen LogP contribution in [0.15, 0.2) is 61.1 Å². The number of amides is 2. The molecule has 2 atom stereocenters. The van der Waals surface area contributed by atoms with Gasteiger partial charge in [-0.15, -0.1) is 0 Å². The average molecular weight is 806 g/mol. The number of aromatic nitrogens is 3. The topological polar surface area (TPSA) is 121 Å². The van der Waals surface area contributed by atoms with Gasteiger partial charge in [0.15, 0.2) is 6.29 Å². The van der Waals surface area contributed by atoms with Crippen molar-refractivity contribution < 1.29 is 23.2 Å². The van der Waals surface area contributed by atoms with Crippen LogP contribution in [0.4, 0.5) is 14.7 Å². The lowest BCUT2D eigenvalue weighted by molar-refractivity contribution is -0.125. The van der Waals surface area contributed by atoms with Crippen molar-refractivity contribution in [2.24, 2.45) is 5.92 Å². The van der Waals surface area contributed by atoms with Gasteiger partial charge in [0, 0.05) is 98.2 Å². The number of nitrogens with zero attached hydrogens (tertiary/aromatic N) is 7. The zero-order valence-electron chi connectivity index (χ0n) is 33.7. The minimum atomic E-state index is -2.43. The largest absolute Gasteiger partial charge is 0.357 e. The summed E-state index contributed by atoms with van der Waals surface area (Å²) in [5.74, 6) is 0.736. The van der Waals surface area contributed by atoms with Crippen LogP contribution in [0.2, 0.25) is 0 Å². The maximum absolute atomic E-state index is 13.7. The Morgan fingerprint density at radius 1 is 0.983 bits per heavy atom. The van der Waals surface area contributed by atoms with Crippen molar-refractivity contribution in [2.45, 2.75) is 82.6 Å². The number of likely N-dealkylation sites (tertiary alicyclic amines) is 1. The molecule has 310 valence electrons. The Labute approximate surface area is 343 Å². The molecule has 5 aliphatic rings. The number of piperidine rings is 3. The molecule has 5 aliphatic heterocycles. The van der Waals surface area contributed by atoms with Crippen LogP contribution < -0.4 is 10.2 Å². The van der Waals surface area contributed by atoms with Crippen LogP contribution in [-0.2, 0) is 24.3 Å². The Morgan fingerprint density at radius 2 is 1.71 bits per heavy atom. The molecule has 2 N–H and O–H groups in total. The van der Waals surface area contributed by atoms with E-state index < -0.39 is 12.5 Å². The van der Waals surface area contributed by atoms with E-state index in [2.05, 4.69) is 37.6 Å². The molecule has 2 aromatic carbocycles. The summed E-state index contributed by atoms with van der Waals surface area (Å²) in [6.07, 6.45) is 8.09. The number of hydrogen-bond acceptors (Lipinski definition) is 9. The smallest absolute Gasteiger partial charge is 0.255 e. The van der Waals surface area contributed by atoms with Crippen molar-refractivity contribution in [1.29, 1.82) is 0 Å². The van der Waals surface area contributed by atoms with Crippen LogP contribution >= 0.6 is 0 Å². The minimum absolute atomic E-state index is 0.240. The second kappa shape index (κ2) is 16.5. The number of para-hydroxylation sites is 1. The lowest BCUT2D eigenvalue weighted by Gasteiger charge is -2.40. The molecule has 0 bridgehead atoms. The van der Waals surface area contributed by atoms with Gasteiger partial charge < -0.3 is 25.0 Å². The third-order valence-electron chi connectivity index (χ3n) is 13.6. The summed E-state index contributed by atoms with van der Waals surface area (Å²) in [5, 5.41) is 3.90. The molecule has 2 amide bonds. The Bertz CT molecular complexity index is 2230. The van der Waals surface area contributed by atoms with Gasteiger partial charge in [-0.05, 0) is 98.8 Å². The summed E-state index contributed by atoms with van der Waals surface area (Å²) in [6, 6.07) is 11.4. The standard InChI is InChI=1S/C45H53F2N9O3/c1-28-7-8-39(43(58)50-28)52(2)44(59)37-20-31-25-56(24-30(31)19-32(37)27-57)34-11-14-53(15-12-34)23-29-9-16-54(17-10-29)45-48-21-33(22-49-45)42-41-36(13-18-55(42)26-40(46)47)35-5-3-4-6-38(35)51-41/h3-6,19-22,27,29,34,39-40,42,51H,1,7-18,23-26H2,2H3,(H,50,58). The van der Waals surface area contributed by atoms with Crippen LogP contribution in [0.5, 0.6) is 0 Å². The van der Waals surface area contributed by atoms with Crippen LogP contribution in [0, 0.1) is 5.92 Å². The van der Waals surface area contributed by atoms with E-state index >= 15 is 0 Å². The number of H-pyrrole nitrogens is 1. The highest BCUT2D eigenvalue weighted by Crippen LogP contribution is 2.39. The highest BCUT2D eigenvalue weighted by Gasteiger charge is 2.36. The fourth-order valence-electron chi connectivity index (χ4n) is 10.3. The first-order valence-corrected chi connectivity index (χ1v) is 21.1. The summed E-state index contributed by atoms with van der Waals surface area (Å²) in [7, 11) is 1.63. The lowest BCUT2D eigenvalue weighted by atomic mass is 9.93. The number of alkyl halides is 2. The Hall–Kier alpha value is -5.05. The Morgan fingerprint density at radius 3 is 2.42 bits per heavy atom. The van der Waals surface area contributed by atoms with Gasteiger partial charge in [-0.3, -0.25) is 24.2 Å². The molecule has 4 aromatic rings. The van der Waals surface area contributed by atoms with Crippen LogP contribution in [0.25, 0.3) is 10.9 Å². The molecule has 7 heterocycles. The van der Waals surface area contributed by atoms with Gasteiger partial charge in [0.2, 0.25) is 11.9 Å². The minimum Gasteiger partial charge on any atom is -0.357 e. The highest BCUT2D eigenvalue weighted by atomic mass is 19.3. The maximum atomic E-state index is 13.7. The first-order chi connectivity index (χ1) is 28.6. The second-order valence-electron chi connectivity index (χ2n) is 17.2. The fraction of sp³-hybridized carbons (Fsp3) is 0.489.